The lowest BCUT2D eigenvalue weighted by molar-refractivity contribution is 0.311. The van der Waals surface area contributed by atoms with Crippen molar-refractivity contribution in [2.24, 2.45) is 0 Å². The maximum absolute atomic E-state index is 12.3. The number of hydrogen-bond acceptors (Lipinski definition) is 4. The van der Waals surface area contributed by atoms with E-state index in [-0.39, 0.29) is 5.25 Å². The van der Waals surface area contributed by atoms with Crippen molar-refractivity contribution in [3.63, 3.8) is 0 Å². The molecule has 0 spiro atoms. The molecule has 0 saturated heterocycles. The molecule has 1 fully saturated rings. The minimum absolute atomic E-state index is 0.172. The van der Waals surface area contributed by atoms with Crippen LogP contribution in [0, 0.1) is 0 Å². The first kappa shape index (κ1) is 13.6. The number of likely N-dealkylation sites (N-methyl/N-ethyl adjacent to an activating group) is 1. The van der Waals surface area contributed by atoms with Gasteiger partial charge in [-0.3, -0.25) is 0 Å². The SMILES string of the molecule is CN(C)CCN(Cc1ccco1)S(=O)(=O)C1CC1. The molecule has 0 atom stereocenters. The third kappa shape index (κ3) is 3.34. The van der Waals surface area contributed by atoms with Gasteiger partial charge in [-0.25, -0.2) is 8.42 Å². The van der Waals surface area contributed by atoms with Crippen LogP contribution in [0.1, 0.15) is 18.6 Å². The van der Waals surface area contributed by atoms with Gasteiger partial charge in [-0.2, -0.15) is 4.31 Å². The molecule has 18 heavy (non-hydrogen) atoms. The Labute approximate surface area is 108 Å². The van der Waals surface area contributed by atoms with Crippen LogP contribution in [0.25, 0.3) is 0 Å². The molecule has 0 radical (unpaired) electrons. The molecule has 0 N–H and O–H groups in total. The second-order valence-corrected chi connectivity index (χ2v) is 7.17. The highest BCUT2D eigenvalue weighted by atomic mass is 32.2. The van der Waals surface area contributed by atoms with E-state index in [0.717, 1.165) is 12.8 Å². The molecular formula is C12H20N2O3S. The Bertz CT molecular complexity index is 464. The quantitative estimate of drug-likeness (QED) is 0.747. The topological polar surface area (TPSA) is 53.8 Å². The zero-order valence-electron chi connectivity index (χ0n) is 10.9. The molecule has 1 aromatic heterocycles. The molecule has 0 aromatic carbocycles. The summed E-state index contributed by atoms with van der Waals surface area (Å²) in [6, 6.07) is 3.59. The Hall–Kier alpha value is -0.850. The molecule has 1 heterocycles. The fourth-order valence-corrected chi connectivity index (χ4v) is 3.56. The van der Waals surface area contributed by atoms with Crippen molar-refractivity contribution in [3.8, 4) is 0 Å². The van der Waals surface area contributed by atoms with Gasteiger partial charge >= 0.3 is 0 Å². The molecule has 102 valence electrons. The number of hydrogen-bond donors (Lipinski definition) is 0. The molecule has 0 amide bonds. The lowest BCUT2D eigenvalue weighted by Crippen LogP contribution is -2.38. The van der Waals surface area contributed by atoms with E-state index in [4.69, 9.17) is 4.42 Å². The Morgan fingerprint density at radius 1 is 1.33 bits per heavy atom. The van der Waals surface area contributed by atoms with Crippen LogP contribution in [0.3, 0.4) is 0 Å². The molecule has 0 unspecified atom stereocenters. The van der Waals surface area contributed by atoms with Crippen LogP contribution in [0.4, 0.5) is 0 Å². The van der Waals surface area contributed by atoms with Gasteiger partial charge in [0.1, 0.15) is 5.76 Å². The van der Waals surface area contributed by atoms with Gasteiger partial charge in [0, 0.05) is 13.1 Å². The van der Waals surface area contributed by atoms with Crippen LogP contribution in [0.2, 0.25) is 0 Å². The summed E-state index contributed by atoms with van der Waals surface area (Å²) in [4.78, 5) is 1.98. The number of rotatable bonds is 7. The van der Waals surface area contributed by atoms with E-state index in [1.54, 1.807) is 16.6 Å². The van der Waals surface area contributed by atoms with Crippen molar-refractivity contribution in [1.29, 1.82) is 0 Å². The van der Waals surface area contributed by atoms with Gasteiger partial charge in [0.25, 0.3) is 0 Å². The van der Waals surface area contributed by atoms with E-state index in [9.17, 15) is 8.42 Å². The zero-order chi connectivity index (χ0) is 13.2. The number of furan rings is 1. The van der Waals surface area contributed by atoms with Crippen LogP contribution in [0.5, 0.6) is 0 Å². The maximum atomic E-state index is 12.3. The van der Waals surface area contributed by atoms with E-state index in [1.807, 2.05) is 25.1 Å². The summed E-state index contributed by atoms with van der Waals surface area (Å²) in [5, 5.41) is -0.172. The minimum atomic E-state index is -3.15. The van der Waals surface area contributed by atoms with Crippen LogP contribution in [0.15, 0.2) is 22.8 Å². The largest absolute Gasteiger partial charge is 0.468 e. The first-order valence-corrected chi connectivity index (χ1v) is 7.66. The third-order valence-corrected chi connectivity index (χ3v) is 5.36. The molecule has 2 rings (SSSR count). The molecule has 1 aliphatic carbocycles. The molecule has 1 aromatic rings. The highest BCUT2D eigenvalue weighted by molar-refractivity contribution is 7.90. The minimum Gasteiger partial charge on any atom is -0.468 e. The predicted octanol–water partition coefficient (Wildman–Crippen LogP) is 1.14. The highest BCUT2D eigenvalue weighted by Crippen LogP contribution is 2.31. The van der Waals surface area contributed by atoms with Crippen molar-refractivity contribution in [2.45, 2.75) is 24.6 Å². The molecule has 5 nitrogen and oxygen atoms in total. The van der Waals surface area contributed by atoms with Crippen molar-refractivity contribution in [3.05, 3.63) is 24.2 Å². The van der Waals surface area contributed by atoms with Gasteiger partial charge in [0.15, 0.2) is 0 Å². The van der Waals surface area contributed by atoms with E-state index < -0.39 is 10.0 Å². The second kappa shape index (κ2) is 5.42. The predicted molar refractivity (Wildman–Crippen MR) is 69.6 cm³/mol. The lowest BCUT2D eigenvalue weighted by Gasteiger charge is -2.22. The normalized spacial score (nSPS) is 16.7. The average molecular weight is 272 g/mol. The van der Waals surface area contributed by atoms with Crippen LogP contribution >= 0.6 is 0 Å². The lowest BCUT2D eigenvalue weighted by atomic mass is 10.4. The summed E-state index contributed by atoms with van der Waals surface area (Å²) in [5.74, 6) is 0.693. The Balaban J connectivity index is 2.07. The van der Waals surface area contributed by atoms with Crippen molar-refractivity contribution in [1.82, 2.24) is 9.21 Å². The van der Waals surface area contributed by atoms with Gasteiger partial charge < -0.3 is 9.32 Å². The molecule has 0 aliphatic heterocycles. The Morgan fingerprint density at radius 3 is 2.56 bits per heavy atom. The van der Waals surface area contributed by atoms with Crippen LogP contribution in [-0.2, 0) is 16.6 Å². The average Bonchev–Trinajstić information content (AvgIpc) is 3.04. The monoisotopic (exact) mass is 272 g/mol. The Morgan fingerprint density at radius 2 is 2.06 bits per heavy atom. The first-order chi connectivity index (χ1) is 8.50. The summed E-state index contributed by atoms with van der Waals surface area (Å²) >= 11 is 0. The summed E-state index contributed by atoms with van der Waals surface area (Å²) < 4.78 is 31.4. The molecule has 6 heteroatoms. The Kier molecular flexibility index (Phi) is 4.09. The van der Waals surface area contributed by atoms with Crippen molar-refractivity contribution >= 4 is 10.0 Å². The van der Waals surface area contributed by atoms with Crippen LogP contribution < -0.4 is 0 Å². The van der Waals surface area contributed by atoms with Crippen molar-refractivity contribution < 1.29 is 12.8 Å². The number of sulfonamides is 1. The standard InChI is InChI=1S/C12H20N2O3S/c1-13(2)7-8-14(10-11-4-3-9-17-11)18(15,16)12-5-6-12/h3-4,9,12H,5-8,10H2,1-2H3. The van der Waals surface area contributed by atoms with Crippen LogP contribution in [-0.4, -0.2) is 50.1 Å². The second-order valence-electron chi connectivity index (χ2n) is 4.96. The number of nitrogens with zero attached hydrogens (tertiary/aromatic N) is 2. The highest BCUT2D eigenvalue weighted by Gasteiger charge is 2.40. The third-order valence-electron chi connectivity index (χ3n) is 3.01. The summed E-state index contributed by atoms with van der Waals surface area (Å²) in [5.41, 5.74) is 0. The maximum Gasteiger partial charge on any atom is 0.217 e. The van der Waals surface area contributed by atoms with Gasteiger partial charge in [-0.05, 0) is 39.1 Å². The fourth-order valence-electron chi connectivity index (χ4n) is 1.76. The first-order valence-electron chi connectivity index (χ1n) is 6.16. The van der Waals surface area contributed by atoms with E-state index >= 15 is 0 Å². The zero-order valence-corrected chi connectivity index (χ0v) is 11.7. The fraction of sp³-hybridized carbons (Fsp3) is 0.667. The van der Waals surface area contributed by atoms with E-state index in [2.05, 4.69) is 0 Å². The smallest absolute Gasteiger partial charge is 0.217 e. The molecular weight excluding hydrogens is 252 g/mol. The van der Waals surface area contributed by atoms with Gasteiger partial charge in [-0.15, -0.1) is 0 Å². The molecule has 1 saturated carbocycles. The summed E-state index contributed by atoms with van der Waals surface area (Å²) in [7, 11) is 0.726. The molecule has 0 bridgehead atoms. The van der Waals surface area contributed by atoms with E-state index in [0.29, 0.717) is 25.4 Å². The van der Waals surface area contributed by atoms with Gasteiger partial charge in [0.2, 0.25) is 10.0 Å². The van der Waals surface area contributed by atoms with Crippen molar-refractivity contribution in [2.75, 3.05) is 27.2 Å². The van der Waals surface area contributed by atoms with E-state index in [1.165, 1.54) is 0 Å². The van der Waals surface area contributed by atoms with Gasteiger partial charge in [0.05, 0.1) is 18.1 Å². The summed E-state index contributed by atoms with van der Waals surface area (Å²) in [6.45, 7) is 1.55. The molecule has 1 aliphatic rings. The van der Waals surface area contributed by atoms with Gasteiger partial charge in [-0.1, -0.05) is 0 Å². The summed E-state index contributed by atoms with van der Waals surface area (Å²) in [6.07, 6.45) is 3.15.